The predicted octanol–water partition coefficient (Wildman–Crippen LogP) is 3.87. The van der Waals surface area contributed by atoms with Gasteiger partial charge in [-0.1, -0.05) is 45.2 Å². The number of aliphatic hydroxyl groups is 5. The Morgan fingerprint density at radius 1 is 0.955 bits per heavy atom. The van der Waals surface area contributed by atoms with Gasteiger partial charge in [0, 0.05) is 50.1 Å². The number of carbonyl (C=O) groups is 1. The van der Waals surface area contributed by atoms with Crippen molar-refractivity contribution in [2.45, 2.75) is 221 Å². The number of ether oxygens (including phenoxy) is 6. The van der Waals surface area contributed by atoms with Crippen molar-refractivity contribution in [1.29, 1.82) is 0 Å². The summed E-state index contributed by atoms with van der Waals surface area (Å²) in [7, 11) is -1.24. The molecule has 3 aliphatic heterocycles. The van der Waals surface area contributed by atoms with Gasteiger partial charge in [0.1, 0.15) is 35.1 Å². The Hall–Kier alpha value is -1.59. The molecule has 0 radical (unpaired) electrons. The molecule has 0 spiro atoms. The standard InChI is InChI=1S/C48H82ClN3O14S/c1-13-37-47(10,57)41(54)31(6)50-25-27(2)23-45(8,56)42(66-44-39(53)36(22-28(3)62-44)52(11)67(59,60)35-20-18-33(49)19-21-35)29(4)40(30(5)43(55)64-37)65-38-24-46(9,61-12)48(58,32(7)63-38)26-51-34-16-14-15-17-34/h18-21,27-32,34,36-42,44,50-51,53-54,56-58H,13-17,22-26H2,1-12H3/t27-,28-,29+,30-,31-,32+,36+,37-,38+,39-,40+,41-,42-,44+,45-,46-,47-,48+/m1/s1. The Balaban J connectivity index is 1.55. The zero-order chi connectivity index (χ0) is 50.0. The molecule has 7 N–H and O–H groups in total. The van der Waals surface area contributed by atoms with Gasteiger partial charge in [0.15, 0.2) is 12.6 Å². The molecule has 1 aromatic rings. The van der Waals surface area contributed by atoms with E-state index in [1.54, 1.807) is 55.4 Å². The second-order valence-corrected chi connectivity index (χ2v) is 23.3. The number of methoxy groups -OCH3 is 1. The van der Waals surface area contributed by atoms with Crippen molar-refractivity contribution >= 4 is 27.6 Å². The summed E-state index contributed by atoms with van der Waals surface area (Å²) in [6, 6.07) is 4.28. The van der Waals surface area contributed by atoms with Gasteiger partial charge in [0.25, 0.3) is 0 Å². The van der Waals surface area contributed by atoms with E-state index in [-0.39, 0.29) is 55.6 Å². The largest absolute Gasteiger partial charge is 0.459 e. The average molecular weight is 993 g/mol. The molecule has 1 aromatic carbocycles. The van der Waals surface area contributed by atoms with Gasteiger partial charge in [-0.15, -0.1) is 0 Å². The molecule has 1 aliphatic carbocycles. The molecule has 18 atom stereocenters. The molecule has 67 heavy (non-hydrogen) atoms. The van der Waals surface area contributed by atoms with Gasteiger partial charge in [-0.3, -0.25) is 4.79 Å². The predicted molar refractivity (Wildman–Crippen MR) is 251 cm³/mol. The van der Waals surface area contributed by atoms with E-state index in [0.29, 0.717) is 5.02 Å². The Morgan fingerprint density at radius 2 is 1.58 bits per heavy atom. The second kappa shape index (κ2) is 22.4. The number of benzene rings is 1. The minimum atomic E-state index is -4.15. The molecule has 386 valence electrons. The van der Waals surface area contributed by atoms with Crippen LogP contribution in [0.25, 0.3) is 0 Å². The number of aliphatic hydroxyl groups excluding tert-OH is 2. The zero-order valence-electron chi connectivity index (χ0n) is 41.7. The van der Waals surface area contributed by atoms with E-state index in [1.165, 1.54) is 45.3 Å². The average Bonchev–Trinajstić information content (AvgIpc) is 3.80. The summed E-state index contributed by atoms with van der Waals surface area (Å²) < 4.78 is 67.7. The number of hydrogen-bond acceptors (Lipinski definition) is 16. The van der Waals surface area contributed by atoms with Crippen molar-refractivity contribution in [3.05, 3.63) is 29.3 Å². The van der Waals surface area contributed by atoms with Crippen molar-refractivity contribution in [2.24, 2.45) is 17.8 Å². The number of nitrogens with zero attached hydrogens (tertiary/aromatic N) is 1. The Labute approximate surface area is 403 Å². The molecule has 3 saturated heterocycles. The first-order valence-corrected chi connectivity index (χ1v) is 26.1. The summed E-state index contributed by atoms with van der Waals surface area (Å²) in [5.74, 6) is -3.14. The van der Waals surface area contributed by atoms with Gasteiger partial charge in [-0.05, 0) is 117 Å². The fourth-order valence-corrected chi connectivity index (χ4v) is 12.5. The first-order valence-electron chi connectivity index (χ1n) is 24.2. The molecule has 0 aromatic heterocycles. The number of cyclic esters (lactones) is 1. The van der Waals surface area contributed by atoms with E-state index in [1.807, 2.05) is 6.92 Å². The molecule has 0 amide bonds. The van der Waals surface area contributed by atoms with Gasteiger partial charge in [-0.2, -0.15) is 4.31 Å². The third-order valence-corrected chi connectivity index (χ3v) is 17.7. The maximum Gasteiger partial charge on any atom is 0.311 e. The van der Waals surface area contributed by atoms with Crippen LogP contribution in [0, 0.1) is 17.8 Å². The molecular weight excluding hydrogens is 910 g/mol. The number of halogens is 1. The van der Waals surface area contributed by atoms with Crippen molar-refractivity contribution in [1.82, 2.24) is 14.9 Å². The molecule has 0 unspecified atom stereocenters. The van der Waals surface area contributed by atoms with Crippen LogP contribution in [0.3, 0.4) is 0 Å². The maximum atomic E-state index is 14.5. The van der Waals surface area contributed by atoms with E-state index < -0.39 is 118 Å². The number of esters is 1. The highest BCUT2D eigenvalue weighted by Gasteiger charge is 2.59. The third kappa shape index (κ3) is 12.4. The normalized spacial score (nSPS) is 43.7. The molecule has 4 aliphatic rings. The minimum absolute atomic E-state index is 0.0222. The number of likely N-dealkylation sites (N-methyl/N-ethyl adjacent to an activating group) is 1. The van der Waals surface area contributed by atoms with Crippen LogP contribution < -0.4 is 10.6 Å². The van der Waals surface area contributed by atoms with E-state index in [4.69, 9.17) is 40.0 Å². The summed E-state index contributed by atoms with van der Waals surface area (Å²) in [6.45, 7) is 17.5. The topological polar surface area (TPSA) is 235 Å². The van der Waals surface area contributed by atoms with Gasteiger partial charge in [0.2, 0.25) is 10.0 Å². The molecule has 0 bridgehead atoms. The highest BCUT2D eigenvalue weighted by atomic mass is 35.5. The van der Waals surface area contributed by atoms with Crippen molar-refractivity contribution in [3.63, 3.8) is 0 Å². The van der Waals surface area contributed by atoms with E-state index >= 15 is 0 Å². The van der Waals surface area contributed by atoms with Crippen LogP contribution in [-0.2, 0) is 43.2 Å². The number of hydrogen-bond donors (Lipinski definition) is 7. The van der Waals surface area contributed by atoms with Gasteiger partial charge in [0.05, 0.1) is 46.9 Å². The van der Waals surface area contributed by atoms with Crippen LogP contribution in [0.15, 0.2) is 29.2 Å². The Kier molecular flexibility index (Phi) is 18.9. The summed E-state index contributed by atoms with van der Waals surface area (Å²) in [6.07, 6.45) is -5.92. The van der Waals surface area contributed by atoms with Crippen molar-refractivity contribution in [3.8, 4) is 0 Å². The Bertz CT molecular complexity index is 1880. The molecular formula is C48H82ClN3O14S. The number of nitrogens with one attached hydrogen (secondary N) is 2. The second-order valence-electron chi connectivity index (χ2n) is 20.9. The fourth-order valence-electron chi connectivity index (χ4n) is 11.0. The van der Waals surface area contributed by atoms with E-state index in [9.17, 15) is 38.7 Å². The van der Waals surface area contributed by atoms with Crippen LogP contribution in [0.5, 0.6) is 0 Å². The third-order valence-electron chi connectivity index (χ3n) is 15.5. The number of sulfonamides is 1. The fraction of sp³-hybridized carbons (Fsp3) is 0.854. The van der Waals surface area contributed by atoms with Crippen LogP contribution in [-0.4, -0.2) is 167 Å². The summed E-state index contributed by atoms with van der Waals surface area (Å²) in [4.78, 5) is 14.5. The molecule has 19 heteroatoms. The van der Waals surface area contributed by atoms with Crippen LogP contribution in [0.1, 0.15) is 121 Å². The number of rotatable bonds is 12. The lowest BCUT2D eigenvalue weighted by Gasteiger charge is -2.54. The van der Waals surface area contributed by atoms with Crippen molar-refractivity contribution < 1.29 is 67.2 Å². The van der Waals surface area contributed by atoms with Gasteiger partial charge < -0.3 is 64.6 Å². The molecule has 5 rings (SSSR count). The smallest absolute Gasteiger partial charge is 0.311 e. The molecule has 1 saturated carbocycles. The summed E-state index contributed by atoms with van der Waals surface area (Å²) in [5, 5.41) is 67.6. The summed E-state index contributed by atoms with van der Waals surface area (Å²) >= 11 is 6.07. The Morgan fingerprint density at radius 3 is 2.18 bits per heavy atom. The number of carbonyl (C=O) groups excluding carboxylic acids is 1. The first-order chi connectivity index (χ1) is 31.1. The van der Waals surface area contributed by atoms with Gasteiger partial charge >= 0.3 is 5.97 Å². The first kappa shape index (κ1) is 56.3. The van der Waals surface area contributed by atoms with Crippen LogP contribution in [0.2, 0.25) is 5.02 Å². The maximum absolute atomic E-state index is 14.5. The van der Waals surface area contributed by atoms with Crippen molar-refractivity contribution in [2.75, 3.05) is 27.2 Å². The monoisotopic (exact) mass is 992 g/mol. The lowest BCUT2D eigenvalue weighted by molar-refractivity contribution is -0.336. The lowest BCUT2D eigenvalue weighted by atomic mass is 9.75. The molecule has 3 heterocycles. The highest BCUT2D eigenvalue weighted by molar-refractivity contribution is 7.89. The zero-order valence-corrected chi connectivity index (χ0v) is 43.3. The van der Waals surface area contributed by atoms with Crippen LogP contribution in [0.4, 0.5) is 0 Å². The minimum Gasteiger partial charge on any atom is -0.459 e. The SMILES string of the molecule is CC[C@H]1OC(=O)[C@H](C)[C@@H](O[C@H]2C[C@@](C)(OC)[C@](O)(CNC3CCCC3)[C@H](C)O2)[C@H](C)[C@@H](O[C@@H]2O[C@H](C)C[C@H](N(C)S(=O)(=O)c3ccc(Cl)cc3)[C@H]2O)[C@](C)(O)C[C@@H](C)CN[C@H](C)[C@@H](O)[C@]1(C)O. The quantitative estimate of drug-likeness (QED) is 0.147. The summed E-state index contributed by atoms with van der Waals surface area (Å²) in [5.41, 5.74) is -6.33. The molecule has 17 nitrogen and oxygen atoms in total. The van der Waals surface area contributed by atoms with Crippen LogP contribution >= 0.6 is 11.6 Å². The highest BCUT2D eigenvalue weighted by Crippen LogP contribution is 2.44. The van der Waals surface area contributed by atoms with E-state index in [0.717, 1.165) is 30.0 Å². The van der Waals surface area contributed by atoms with E-state index in [2.05, 4.69) is 10.6 Å². The van der Waals surface area contributed by atoms with Gasteiger partial charge in [-0.25, -0.2) is 8.42 Å². The molecule has 4 fully saturated rings. The lowest BCUT2D eigenvalue weighted by Crippen LogP contribution is -2.70.